The zero-order valence-electron chi connectivity index (χ0n) is 10.4. The first kappa shape index (κ1) is 12.9. The number of carbonyl (C=O) groups excluding carboxylic acids is 1. The lowest BCUT2D eigenvalue weighted by Gasteiger charge is -2.07. The van der Waals surface area contributed by atoms with Crippen LogP contribution in [0.25, 0.3) is 0 Å². The Kier molecular flexibility index (Phi) is 3.97. The molecule has 0 radical (unpaired) electrons. The molecule has 1 heterocycles. The number of rotatable bonds is 4. The average molecular weight is 257 g/mol. The Labute approximate surface area is 110 Å². The molecule has 5 nitrogen and oxygen atoms in total. The van der Waals surface area contributed by atoms with Crippen molar-refractivity contribution in [3.8, 4) is 0 Å². The summed E-state index contributed by atoms with van der Waals surface area (Å²) in [6, 6.07) is 12.7. The van der Waals surface area contributed by atoms with Crippen molar-refractivity contribution >= 4 is 11.6 Å². The minimum Gasteiger partial charge on any atom is -0.394 e. The Morgan fingerprint density at radius 1 is 1.16 bits per heavy atom. The van der Waals surface area contributed by atoms with Crippen LogP contribution in [-0.4, -0.2) is 10.5 Å². The smallest absolute Gasteiger partial charge is 0.274 e. The Hall–Kier alpha value is -2.56. The summed E-state index contributed by atoms with van der Waals surface area (Å²) >= 11 is 0. The van der Waals surface area contributed by atoms with Crippen molar-refractivity contribution in [3.63, 3.8) is 0 Å². The van der Waals surface area contributed by atoms with Gasteiger partial charge in [0, 0.05) is 12.7 Å². The van der Waals surface area contributed by atoms with Gasteiger partial charge in [0.05, 0.1) is 5.69 Å². The molecule has 0 saturated heterocycles. The summed E-state index contributed by atoms with van der Waals surface area (Å²) < 4.78 is 1.29. The Bertz CT molecular complexity index is 620. The third kappa shape index (κ3) is 3.45. The molecule has 2 rings (SSSR count). The maximum Gasteiger partial charge on any atom is 0.274 e. The van der Waals surface area contributed by atoms with Gasteiger partial charge in [0.2, 0.25) is 5.91 Å². The molecule has 5 heteroatoms. The number of hydrogen-bond acceptors (Lipinski definition) is 3. The molecule has 1 aromatic carbocycles. The molecule has 0 aliphatic rings. The van der Waals surface area contributed by atoms with Crippen LogP contribution in [0.2, 0.25) is 0 Å². The molecular weight excluding hydrogens is 242 g/mol. The van der Waals surface area contributed by atoms with Gasteiger partial charge in [-0.3, -0.25) is 9.59 Å². The number of nitrogens with one attached hydrogen (secondary N) is 1. The number of benzene rings is 1. The summed E-state index contributed by atoms with van der Waals surface area (Å²) in [5, 5.41) is 2.75. The van der Waals surface area contributed by atoms with E-state index < -0.39 is 0 Å². The van der Waals surface area contributed by atoms with E-state index in [0.717, 1.165) is 5.56 Å². The summed E-state index contributed by atoms with van der Waals surface area (Å²) in [6.07, 6.45) is 1.54. The van der Waals surface area contributed by atoms with Crippen molar-refractivity contribution in [3.05, 3.63) is 64.6 Å². The van der Waals surface area contributed by atoms with Crippen molar-refractivity contribution in [1.82, 2.24) is 9.88 Å². The number of hydrogen-bond donors (Lipinski definition) is 2. The van der Waals surface area contributed by atoms with E-state index in [4.69, 9.17) is 5.73 Å². The molecule has 0 fully saturated rings. The Morgan fingerprint density at radius 2 is 1.89 bits per heavy atom. The molecule has 1 aromatic heterocycles. The predicted molar refractivity (Wildman–Crippen MR) is 73.4 cm³/mol. The van der Waals surface area contributed by atoms with E-state index in [-0.39, 0.29) is 23.7 Å². The lowest BCUT2D eigenvalue weighted by atomic mass is 10.2. The Balaban J connectivity index is 1.95. The molecule has 1 amide bonds. The van der Waals surface area contributed by atoms with E-state index >= 15 is 0 Å². The summed E-state index contributed by atoms with van der Waals surface area (Å²) in [7, 11) is 0. The van der Waals surface area contributed by atoms with Gasteiger partial charge in [0.15, 0.2) is 0 Å². The first-order valence-electron chi connectivity index (χ1n) is 5.92. The van der Waals surface area contributed by atoms with Gasteiger partial charge in [-0.05, 0) is 17.7 Å². The van der Waals surface area contributed by atoms with E-state index in [9.17, 15) is 9.59 Å². The summed E-state index contributed by atoms with van der Waals surface area (Å²) in [6.45, 7) is 0.410. The monoisotopic (exact) mass is 257 g/mol. The Morgan fingerprint density at radius 3 is 2.63 bits per heavy atom. The molecule has 0 spiro atoms. The maximum atomic E-state index is 11.7. The molecule has 0 unspecified atom stereocenters. The zero-order valence-corrected chi connectivity index (χ0v) is 10.4. The lowest BCUT2D eigenvalue weighted by molar-refractivity contribution is -0.121. The molecule has 2 aromatic rings. The lowest BCUT2D eigenvalue weighted by Crippen LogP contribution is -2.32. The van der Waals surface area contributed by atoms with Crippen molar-refractivity contribution in [2.45, 2.75) is 13.1 Å². The zero-order chi connectivity index (χ0) is 13.7. The topological polar surface area (TPSA) is 77.1 Å². The van der Waals surface area contributed by atoms with Gasteiger partial charge in [-0.1, -0.05) is 30.3 Å². The highest BCUT2D eigenvalue weighted by molar-refractivity contribution is 5.75. The van der Waals surface area contributed by atoms with Crippen molar-refractivity contribution in [2.75, 3.05) is 5.73 Å². The minimum absolute atomic E-state index is 0.0310. The van der Waals surface area contributed by atoms with Crippen LogP contribution in [-0.2, 0) is 17.9 Å². The third-order valence-electron chi connectivity index (χ3n) is 2.70. The largest absolute Gasteiger partial charge is 0.394 e. The second-order valence-electron chi connectivity index (χ2n) is 4.16. The van der Waals surface area contributed by atoms with Gasteiger partial charge in [-0.25, -0.2) is 0 Å². The number of nitrogen functional groups attached to an aromatic ring is 1. The van der Waals surface area contributed by atoms with Crippen molar-refractivity contribution < 1.29 is 4.79 Å². The van der Waals surface area contributed by atoms with E-state index in [2.05, 4.69) is 5.32 Å². The fourth-order valence-corrected chi connectivity index (χ4v) is 1.69. The van der Waals surface area contributed by atoms with Crippen LogP contribution in [0, 0.1) is 0 Å². The van der Waals surface area contributed by atoms with Crippen LogP contribution in [0.15, 0.2) is 53.5 Å². The number of anilines is 1. The number of amides is 1. The summed E-state index contributed by atoms with van der Waals surface area (Å²) in [5.74, 6) is -0.225. The minimum atomic E-state index is -0.350. The van der Waals surface area contributed by atoms with Crippen LogP contribution in [0.3, 0.4) is 0 Å². The fraction of sp³-hybridized carbons (Fsp3) is 0.143. The summed E-state index contributed by atoms with van der Waals surface area (Å²) in [5.41, 5.74) is 6.29. The quantitative estimate of drug-likeness (QED) is 0.848. The molecule has 0 bridgehead atoms. The fourth-order valence-electron chi connectivity index (χ4n) is 1.69. The van der Waals surface area contributed by atoms with E-state index in [1.54, 1.807) is 12.3 Å². The normalized spacial score (nSPS) is 10.1. The van der Waals surface area contributed by atoms with E-state index in [1.807, 2.05) is 30.3 Å². The number of pyridine rings is 1. The molecule has 3 N–H and O–H groups in total. The first-order valence-corrected chi connectivity index (χ1v) is 5.92. The van der Waals surface area contributed by atoms with Crippen LogP contribution in [0.5, 0.6) is 0 Å². The van der Waals surface area contributed by atoms with Gasteiger partial charge in [0.25, 0.3) is 5.56 Å². The van der Waals surface area contributed by atoms with Crippen LogP contribution >= 0.6 is 0 Å². The molecular formula is C14H15N3O2. The SMILES string of the molecule is Nc1cccn(CC(=O)NCc2ccccc2)c1=O. The second-order valence-corrected chi connectivity index (χ2v) is 4.16. The number of carbonyl (C=O) groups is 1. The predicted octanol–water partition coefficient (Wildman–Crippen LogP) is 0.747. The van der Waals surface area contributed by atoms with E-state index in [0.29, 0.717) is 6.54 Å². The van der Waals surface area contributed by atoms with Crippen LogP contribution < -0.4 is 16.6 Å². The van der Waals surface area contributed by atoms with Gasteiger partial charge >= 0.3 is 0 Å². The maximum absolute atomic E-state index is 11.7. The molecule has 0 saturated carbocycles. The van der Waals surface area contributed by atoms with Gasteiger partial charge < -0.3 is 15.6 Å². The number of nitrogens with two attached hydrogens (primary N) is 1. The van der Waals surface area contributed by atoms with Crippen molar-refractivity contribution in [2.24, 2.45) is 0 Å². The molecule has 0 aliphatic heterocycles. The van der Waals surface area contributed by atoms with Gasteiger partial charge in [-0.2, -0.15) is 0 Å². The number of aromatic nitrogens is 1. The van der Waals surface area contributed by atoms with Crippen LogP contribution in [0.1, 0.15) is 5.56 Å². The molecule has 19 heavy (non-hydrogen) atoms. The molecule has 0 atom stereocenters. The van der Waals surface area contributed by atoms with Gasteiger partial charge in [0.1, 0.15) is 6.54 Å². The van der Waals surface area contributed by atoms with Crippen LogP contribution in [0.4, 0.5) is 5.69 Å². The van der Waals surface area contributed by atoms with E-state index in [1.165, 1.54) is 10.6 Å². The third-order valence-corrected chi connectivity index (χ3v) is 2.70. The highest BCUT2D eigenvalue weighted by Gasteiger charge is 2.05. The van der Waals surface area contributed by atoms with Crippen molar-refractivity contribution in [1.29, 1.82) is 0 Å². The average Bonchev–Trinajstić information content (AvgIpc) is 2.43. The second kappa shape index (κ2) is 5.86. The molecule has 98 valence electrons. The highest BCUT2D eigenvalue weighted by Crippen LogP contribution is 1.97. The van der Waals surface area contributed by atoms with Gasteiger partial charge in [-0.15, -0.1) is 0 Å². The highest BCUT2D eigenvalue weighted by atomic mass is 16.2. The molecule has 0 aliphatic carbocycles. The standard InChI is InChI=1S/C14H15N3O2/c15-12-7-4-8-17(14(12)19)10-13(18)16-9-11-5-2-1-3-6-11/h1-8H,9-10,15H2,(H,16,18). The summed E-state index contributed by atoms with van der Waals surface area (Å²) in [4.78, 5) is 23.4. The number of nitrogens with zero attached hydrogens (tertiary/aromatic N) is 1. The first-order chi connectivity index (χ1) is 9.16.